The summed E-state index contributed by atoms with van der Waals surface area (Å²) in [5.41, 5.74) is 2.41. The lowest BCUT2D eigenvalue weighted by Crippen LogP contribution is -2.44. The Kier molecular flexibility index (Phi) is 5.49. The number of nitrogens with one attached hydrogen (secondary N) is 1. The van der Waals surface area contributed by atoms with Crippen molar-refractivity contribution in [1.29, 1.82) is 0 Å². The third-order valence-electron chi connectivity index (χ3n) is 4.64. The second-order valence-electron chi connectivity index (χ2n) is 6.55. The smallest absolute Gasteiger partial charge is 0.381 e. The van der Waals surface area contributed by atoms with Gasteiger partial charge in [-0.05, 0) is 42.7 Å². The van der Waals surface area contributed by atoms with Gasteiger partial charge in [-0.25, -0.2) is 0 Å². The summed E-state index contributed by atoms with van der Waals surface area (Å²) >= 11 is 0. The Bertz CT molecular complexity index is 729. The molecule has 0 aromatic heterocycles. The number of alkyl halides is 3. The van der Waals surface area contributed by atoms with E-state index in [1.807, 2.05) is 30.3 Å². The van der Waals surface area contributed by atoms with Crippen molar-refractivity contribution in [2.75, 3.05) is 18.4 Å². The molecule has 6 heteroatoms. The van der Waals surface area contributed by atoms with Gasteiger partial charge in [-0.1, -0.05) is 30.3 Å². The number of likely N-dealkylation sites (tertiary alicyclic amines) is 1. The van der Waals surface area contributed by atoms with Crippen molar-refractivity contribution in [2.24, 2.45) is 5.92 Å². The van der Waals surface area contributed by atoms with E-state index in [4.69, 9.17) is 0 Å². The van der Waals surface area contributed by atoms with Crippen LogP contribution in [0.15, 0.2) is 54.6 Å². The van der Waals surface area contributed by atoms with E-state index in [-0.39, 0.29) is 18.9 Å². The molecule has 26 heavy (non-hydrogen) atoms. The number of hydrogen-bond acceptors (Lipinski definition) is 2. The van der Waals surface area contributed by atoms with Crippen LogP contribution in [-0.2, 0) is 6.54 Å². The molecule has 0 radical (unpaired) electrons. The summed E-state index contributed by atoms with van der Waals surface area (Å²) in [5.74, 6) is -1.76. The van der Waals surface area contributed by atoms with Gasteiger partial charge in [0.15, 0.2) is 0 Å². The molecular weight excluding hydrogens is 341 g/mol. The van der Waals surface area contributed by atoms with Crippen LogP contribution in [0.3, 0.4) is 0 Å². The van der Waals surface area contributed by atoms with Gasteiger partial charge in [0, 0.05) is 30.9 Å². The first-order chi connectivity index (χ1) is 12.4. The van der Waals surface area contributed by atoms with E-state index in [0.717, 1.165) is 11.3 Å². The van der Waals surface area contributed by atoms with Crippen molar-refractivity contribution < 1.29 is 18.0 Å². The number of benzene rings is 2. The zero-order valence-corrected chi connectivity index (χ0v) is 14.3. The minimum Gasteiger partial charge on any atom is -0.381 e. The SMILES string of the molecule is O=C(c1ccc(NCc2ccccc2)cc1)N1CCCC(C(F)(F)F)C1. The Balaban J connectivity index is 1.60. The molecule has 1 saturated heterocycles. The van der Waals surface area contributed by atoms with Crippen LogP contribution in [-0.4, -0.2) is 30.1 Å². The average molecular weight is 362 g/mol. The van der Waals surface area contributed by atoms with Crippen molar-refractivity contribution in [3.8, 4) is 0 Å². The van der Waals surface area contributed by atoms with Crippen molar-refractivity contribution >= 4 is 11.6 Å². The fourth-order valence-corrected chi connectivity index (χ4v) is 3.14. The van der Waals surface area contributed by atoms with E-state index < -0.39 is 12.1 Å². The molecule has 1 N–H and O–H groups in total. The van der Waals surface area contributed by atoms with E-state index in [1.165, 1.54) is 4.90 Å². The van der Waals surface area contributed by atoms with Crippen LogP contribution >= 0.6 is 0 Å². The standard InChI is InChI=1S/C20H21F3N2O/c21-20(22,23)17-7-4-12-25(14-17)19(26)16-8-10-18(11-9-16)24-13-15-5-2-1-3-6-15/h1-3,5-6,8-11,17,24H,4,7,12-14H2. The van der Waals surface area contributed by atoms with Crippen LogP contribution in [0.1, 0.15) is 28.8 Å². The highest BCUT2D eigenvalue weighted by molar-refractivity contribution is 5.94. The number of rotatable bonds is 4. The van der Waals surface area contributed by atoms with Crippen LogP contribution in [0, 0.1) is 5.92 Å². The summed E-state index contributed by atoms with van der Waals surface area (Å²) in [5, 5.41) is 3.26. The first kappa shape index (κ1) is 18.3. The second kappa shape index (κ2) is 7.81. The van der Waals surface area contributed by atoms with Crippen LogP contribution in [0.25, 0.3) is 0 Å². The molecule has 1 aliphatic heterocycles. The number of halogens is 3. The molecule has 1 fully saturated rings. The minimum absolute atomic E-state index is 0.0929. The largest absolute Gasteiger partial charge is 0.393 e. The van der Waals surface area contributed by atoms with E-state index >= 15 is 0 Å². The predicted octanol–water partition coefficient (Wildman–Crippen LogP) is 4.71. The molecule has 138 valence electrons. The summed E-state index contributed by atoms with van der Waals surface area (Å²) in [6.45, 7) is 0.781. The summed E-state index contributed by atoms with van der Waals surface area (Å²) in [7, 11) is 0. The highest BCUT2D eigenvalue weighted by Gasteiger charge is 2.42. The van der Waals surface area contributed by atoms with Crippen molar-refractivity contribution in [3.63, 3.8) is 0 Å². The molecule has 0 spiro atoms. The summed E-state index contributed by atoms with van der Waals surface area (Å²) in [6.07, 6.45) is -3.77. The molecule has 2 aromatic rings. The first-order valence-electron chi connectivity index (χ1n) is 8.67. The van der Waals surface area contributed by atoms with Gasteiger partial charge in [0.2, 0.25) is 0 Å². The zero-order chi connectivity index (χ0) is 18.6. The highest BCUT2D eigenvalue weighted by atomic mass is 19.4. The van der Waals surface area contributed by atoms with Gasteiger partial charge in [-0.15, -0.1) is 0 Å². The molecule has 0 saturated carbocycles. The van der Waals surface area contributed by atoms with E-state index in [9.17, 15) is 18.0 Å². The quantitative estimate of drug-likeness (QED) is 0.854. The number of hydrogen-bond donors (Lipinski definition) is 1. The minimum atomic E-state index is -4.25. The molecule has 3 nitrogen and oxygen atoms in total. The van der Waals surface area contributed by atoms with E-state index in [2.05, 4.69) is 5.32 Å². The summed E-state index contributed by atoms with van der Waals surface area (Å²) < 4.78 is 38.7. The molecule has 1 atom stereocenters. The molecule has 0 bridgehead atoms. The number of amides is 1. The Morgan fingerprint density at radius 1 is 1.08 bits per heavy atom. The molecule has 1 amide bonds. The van der Waals surface area contributed by atoms with Crippen LogP contribution in [0.4, 0.5) is 18.9 Å². The van der Waals surface area contributed by atoms with Gasteiger partial charge in [0.1, 0.15) is 0 Å². The molecule has 2 aromatic carbocycles. The average Bonchev–Trinajstić information content (AvgIpc) is 2.66. The highest BCUT2D eigenvalue weighted by Crippen LogP contribution is 2.33. The molecule has 1 heterocycles. The fraction of sp³-hybridized carbons (Fsp3) is 0.350. The molecule has 1 unspecified atom stereocenters. The molecule has 1 aliphatic rings. The van der Waals surface area contributed by atoms with Crippen molar-refractivity contribution in [2.45, 2.75) is 25.6 Å². The van der Waals surface area contributed by atoms with Gasteiger partial charge in [-0.2, -0.15) is 13.2 Å². The maximum absolute atomic E-state index is 12.9. The van der Waals surface area contributed by atoms with Crippen molar-refractivity contribution in [3.05, 3.63) is 65.7 Å². The number of nitrogens with zero attached hydrogens (tertiary/aromatic N) is 1. The van der Waals surface area contributed by atoms with Gasteiger partial charge >= 0.3 is 6.18 Å². The lowest BCUT2D eigenvalue weighted by atomic mass is 9.97. The van der Waals surface area contributed by atoms with Crippen LogP contribution < -0.4 is 5.32 Å². The van der Waals surface area contributed by atoms with Gasteiger partial charge in [-0.3, -0.25) is 4.79 Å². The maximum Gasteiger partial charge on any atom is 0.393 e. The van der Waals surface area contributed by atoms with Crippen LogP contribution in [0.5, 0.6) is 0 Å². The summed E-state index contributed by atoms with van der Waals surface area (Å²) in [4.78, 5) is 13.8. The van der Waals surface area contributed by atoms with Crippen LogP contribution in [0.2, 0.25) is 0 Å². The Morgan fingerprint density at radius 3 is 2.42 bits per heavy atom. The number of carbonyl (C=O) groups is 1. The van der Waals surface area contributed by atoms with Gasteiger partial charge in [0.25, 0.3) is 5.91 Å². The normalized spacial score (nSPS) is 17.8. The van der Waals surface area contributed by atoms with Crippen molar-refractivity contribution in [1.82, 2.24) is 4.90 Å². The Hall–Kier alpha value is -2.50. The fourth-order valence-electron chi connectivity index (χ4n) is 3.14. The Labute approximate surface area is 150 Å². The van der Waals surface area contributed by atoms with Gasteiger partial charge in [0.05, 0.1) is 5.92 Å². The van der Waals surface area contributed by atoms with E-state index in [1.54, 1.807) is 24.3 Å². The third-order valence-corrected chi connectivity index (χ3v) is 4.64. The second-order valence-corrected chi connectivity index (χ2v) is 6.55. The number of carbonyl (C=O) groups excluding carboxylic acids is 1. The third kappa shape index (κ3) is 4.56. The number of anilines is 1. The van der Waals surface area contributed by atoms with Gasteiger partial charge < -0.3 is 10.2 Å². The lowest BCUT2D eigenvalue weighted by Gasteiger charge is -2.33. The predicted molar refractivity (Wildman–Crippen MR) is 94.9 cm³/mol. The zero-order valence-electron chi connectivity index (χ0n) is 14.3. The first-order valence-corrected chi connectivity index (χ1v) is 8.67. The monoisotopic (exact) mass is 362 g/mol. The summed E-state index contributed by atoms with van der Waals surface area (Å²) in [6, 6.07) is 16.8. The Morgan fingerprint density at radius 2 is 1.77 bits per heavy atom. The maximum atomic E-state index is 12.9. The number of piperidine rings is 1. The van der Waals surface area contributed by atoms with E-state index in [0.29, 0.717) is 25.1 Å². The lowest BCUT2D eigenvalue weighted by molar-refractivity contribution is -0.184. The molecular formula is C20H21F3N2O. The molecule has 0 aliphatic carbocycles. The molecule has 3 rings (SSSR count). The topological polar surface area (TPSA) is 32.3 Å².